The van der Waals surface area contributed by atoms with Gasteiger partial charge >= 0.3 is 0 Å². The van der Waals surface area contributed by atoms with Crippen molar-refractivity contribution >= 4 is 5.91 Å². The van der Waals surface area contributed by atoms with Crippen LogP contribution in [0.2, 0.25) is 0 Å². The Morgan fingerprint density at radius 2 is 2.05 bits per heavy atom. The molecule has 1 aromatic carbocycles. The number of benzene rings is 1. The number of rotatable bonds is 6. The molecule has 6 nitrogen and oxygen atoms in total. The average molecular weight is 262 g/mol. The number of carbonyl (C=O) groups is 1. The number of carbonyl (C=O) groups excluding carboxylic acids is 1. The minimum Gasteiger partial charge on any atom is -0.383 e. The van der Waals surface area contributed by atoms with Crippen molar-refractivity contribution in [2.45, 2.75) is 25.0 Å². The summed E-state index contributed by atoms with van der Waals surface area (Å²) >= 11 is 0. The van der Waals surface area contributed by atoms with E-state index in [1.54, 1.807) is 14.1 Å². The summed E-state index contributed by atoms with van der Waals surface area (Å²) in [6.45, 7) is 0. The Morgan fingerprint density at radius 1 is 1.42 bits per heavy atom. The molecule has 0 spiro atoms. The van der Waals surface area contributed by atoms with Crippen LogP contribution in [-0.2, 0) is 11.2 Å². The fourth-order valence-corrected chi connectivity index (χ4v) is 1.73. The SMILES string of the molecule is CN(C)C(=O)[C@H](O)[C@@H](CCc1ccccc1)N=[N+]=[N-]. The molecule has 102 valence electrons. The van der Waals surface area contributed by atoms with Crippen LogP contribution in [0.15, 0.2) is 35.4 Å². The van der Waals surface area contributed by atoms with Crippen LogP contribution in [0.4, 0.5) is 0 Å². The normalized spacial score (nSPS) is 13.2. The number of hydrogen-bond acceptors (Lipinski definition) is 3. The third kappa shape index (κ3) is 4.62. The number of azide groups is 1. The predicted molar refractivity (Wildman–Crippen MR) is 72.4 cm³/mol. The smallest absolute Gasteiger partial charge is 0.251 e. The molecule has 1 aromatic rings. The van der Waals surface area contributed by atoms with E-state index in [-0.39, 0.29) is 0 Å². The van der Waals surface area contributed by atoms with Gasteiger partial charge in [-0.25, -0.2) is 0 Å². The lowest BCUT2D eigenvalue weighted by molar-refractivity contribution is -0.138. The number of likely N-dealkylation sites (N-methyl/N-ethyl adjacent to an activating group) is 1. The molecule has 1 rings (SSSR count). The van der Waals surface area contributed by atoms with Gasteiger partial charge in [0.2, 0.25) is 0 Å². The van der Waals surface area contributed by atoms with E-state index in [1.165, 1.54) is 4.90 Å². The Morgan fingerprint density at radius 3 is 2.58 bits per heavy atom. The van der Waals surface area contributed by atoms with E-state index in [4.69, 9.17) is 5.53 Å². The van der Waals surface area contributed by atoms with Crippen molar-refractivity contribution in [2.24, 2.45) is 5.11 Å². The van der Waals surface area contributed by atoms with Crippen LogP contribution in [0.3, 0.4) is 0 Å². The maximum Gasteiger partial charge on any atom is 0.251 e. The van der Waals surface area contributed by atoms with Crippen LogP contribution in [0.5, 0.6) is 0 Å². The first kappa shape index (κ1) is 15.0. The highest BCUT2D eigenvalue weighted by Gasteiger charge is 2.26. The monoisotopic (exact) mass is 262 g/mol. The molecule has 0 unspecified atom stereocenters. The summed E-state index contributed by atoms with van der Waals surface area (Å²) in [5, 5.41) is 13.4. The predicted octanol–water partition coefficient (Wildman–Crippen LogP) is 1.75. The number of amides is 1. The van der Waals surface area contributed by atoms with E-state index in [2.05, 4.69) is 10.0 Å². The number of aliphatic hydroxyl groups is 1. The Balaban J connectivity index is 2.68. The quantitative estimate of drug-likeness (QED) is 0.480. The summed E-state index contributed by atoms with van der Waals surface area (Å²) in [5.41, 5.74) is 9.60. The van der Waals surface area contributed by atoms with Crippen molar-refractivity contribution < 1.29 is 9.90 Å². The van der Waals surface area contributed by atoms with Crippen LogP contribution in [0.1, 0.15) is 12.0 Å². The lowest BCUT2D eigenvalue weighted by Crippen LogP contribution is -2.40. The first-order valence-electron chi connectivity index (χ1n) is 6.03. The second kappa shape index (κ2) is 7.41. The van der Waals surface area contributed by atoms with Gasteiger partial charge in [0.25, 0.3) is 5.91 Å². The lowest BCUT2D eigenvalue weighted by atomic mass is 10.0. The van der Waals surface area contributed by atoms with Gasteiger partial charge in [-0.15, -0.1) is 0 Å². The van der Waals surface area contributed by atoms with Gasteiger partial charge in [-0.3, -0.25) is 4.79 Å². The third-order valence-corrected chi connectivity index (χ3v) is 2.83. The van der Waals surface area contributed by atoms with Gasteiger partial charge in [-0.05, 0) is 23.9 Å². The molecule has 0 radical (unpaired) electrons. The fraction of sp³-hybridized carbons (Fsp3) is 0.462. The van der Waals surface area contributed by atoms with E-state index in [1.807, 2.05) is 30.3 Å². The van der Waals surface area contributed by atoms with Gasteiger partial charge in [0.15, 0.2) is 0 Å². The highest BCUT2D eigenvalue weighted by Crippen LogP contribution is 2.12. The van der Waals surface area contributed by atoms with Gasteiger partial charge < -0.3 is 10.0 Å². The van der Waals surface area contributed by atoms with Crippen LogP contribution in [0, 0.1) is 0 Å². The molecule has 0 heterocycles. The van der Waals surface area contributed by atoms with E-state index < -0.39 is 18.1 Å². The summed E-state index contributed by atoms with van der Waals surface area (Å²) in [5.74, 6) is -0.453. The van der Waals surface area contributed by atoms with Crippen LogP contribution in [0.25, 0.3) is 10.4 Å². The van der Waals surface area contributed by atoms with Crippen molar-refractivity contribution in [1.82, 2.24) is 4.90 Å². The van der Waals surface area contributed by atoms with Gasteiger partial charge in [0.1, 0.15) is 6.10 Å². The molecule has 1 amide bonds. The van der Waals surface area contributed by atoms with E-state index >= 15 is 0 Å². The maximum absolute atomic E-state index is 11.7. The summed E-state index contributed by atoms with van der Waals surface area (Å²) < 4.78 is 0. The zero-order chi connectivity index (χ0) is 14.3. The molecule has 1 N–H and O–H groups in total. The summed E-state index contributed by atoms with van der Waals surface area (Å²) in [6, 6.07) is 8.90. The highest BCUT2D eigenvalue weighted by molar-refractivity contribution is 5.80. The molecule has 19 heavy (non-hydrogen) atoms. The molecular formula is C13H18N4O2. The van der Waals surface area contributed by atoms with Gasteiger partial charge in [-0.2, -0.15) is 0 Å². The Labute approximate surface area is 112 Å². The van der Waals surface area contributed by atoms with Crippen molar-refractivity contribution in [2.75, 3.05) is 14.1 Å². The molecule has 2 atom stereocenters. The van der Waals surface area contributed by atoms with E-state index in [9.17, 15) is 9.90 Å². The van der Waals surface area contributed by atoms with Crippen LogP contribution in [-0.4, -0.2) is 42.2 Å². The fourth-order valence-electron chi connectivity index (χ4n) is 1.73. The number of aliphatic hydroxyl groups excluding tert-OH is 1. The first-order chi connectivity index (χ1) is 9.06. The average Bonchev–Trinajstić information content (AvgIpc) is 2.42. The van der Waals surface area contributed by atoms with Gasteiger partial charge in [0.05, 0.1) is 6.04 Å². The molecule has 6 heteroatoms. The molecule has 0 aliphatic heterocycles. The summed E-state index contributed by atoms with van der Waals surface area (Å²) in [6.07, 6.45) is -0.230. The van der Waals surface area contributed by atoms with Crippen LogP contribution >= 0.6 is 0 Å². The number of aryl methyl sites for hydroxylation is 1. The van der Waals surface area contributed by atoms with Crippen molar-refractivity contribution in [3.8, 4) is 0 Å². The largest absolute Gasteiger partial charge is 0.383 e. The molecule has 0 fully saturated rings. The van der Waals surface area contributed by atoms with Crippen molar-refractivity contribution in [3.05, 3.63) is 46.3 Å². The third-order valence-electron chi connectivity index (χ3n) is 2.83. The summed E-state index contributed by atoms with van der Waals surface area (Å²) in [7, 11) is 3.10. The second-order valence-electron chi connectivity index (χ2n) is 4.47. The number of nitrogens with zero attached hydrogens (tertiary/aromatic N) is 4. The van der Waals surface area contributed by atoms with Gasteiger partial charge in [-0.1, -0.05) is 35.4 Å². The van der Waals surface area contributed by atoms with Gasteiger partial charge in [0, 0.05) is 19.0 Å². The topological polar surface area (TPSA) is 89.3 Å². The van der Waals surface area contributed by atoms with Crippen molar-refractivity contribution in [3.63, 3.8) is 0 Å². The molecule has 0 saturated heterocycles. The Kier molecular flexibility index (Phi) is 5.85. The van der Waals surface area contributed by atoms with Crippen LogP contribution < -0.4 is 0 Å². The minimum absolute atomic E-state index is 0.425. The highest BCUT2D eigenvalue weighted by atomic mass is 16.3. The molecular weight excluding hydrogens is 244 g/mol. The molecule has 0 aromatic heterocycles. The standard InChI is InChI=1S/C13H18N4O2/c1-17(2)13(19)12(18)11(15-16-14)9-8-10-6-4-3-5-7-10/h3-7,11-12,18H,8-9H2,1-2H3/t11-,12-/m1/s1. The summed E-state index contributed by atoms with van der Waals surface area (Å²) in [4.78, 5) is 15.7. The zero-order valence-electron chi connectivity index (χ0n) is 11.1. The van der Waals surface area contributed by atoms with E-state index in [0.717, 1.165) is 5.56 Å². The molecule has 0 saturated carbocycles. The molecule has 0 aliphatic carbocycles. The lowest BCUT2D eigenvalue weighted by Gasteiger charge is -2.21. The molecule has 0 aliphatic rings. The van der Waals surface area contributed by atoms with E-state index in [0.29, 0.717) is 12.8 Å². The number of hydrogen-bond donors (Lipinski definition) is 1. The Hall–Kier alpha value is -2.04. The maximum atomic E-state index is 11.7. The molecule has 0 bridgehead atoms. The minimum atomic E-state index is -1.30. The second-order valence-corrected chi connectivity index (χ2v) is 4.47. The first-order valence-corrected chi connectivity index (χ1v) is 6.03. The zero-order valence-corrected chi connectivity index (χ0v) is 11.1. The Bertz CT molecular complexity index is 455. The van der Waals surface area contributed by atoms with Crippen molar-refractivity contribution in [1.29, 1.82) is 0 Å².